The van der Waals surface area contributed by atoms with Crippen LogP contribution in [0.1, 0.15) is 35.7 Å². The second-order valence-electron chi connectivity index (χ2n) is 6.05. The Morgan fingerprint density at radius 3 is 2.56 bits per heavy atom. The second kappa shape index (κ2) is 7.64. The van der Waals surface area contributed by atoms with E-state index in [0.29, 0.717) is 5.56 Å². The number of carbonyl (C=O) groups excluding carboxylic acids is 3. The summed E-state index contributed by atoms with van der Waals surface area (Å²) >= 11 is 0. The number of ether oxygens (including phenoxy) is 1. The van der Waals surface area contributed by atoms with Crippen molar-refractivity contribution in [2.45, 2.75) is 37.7 Å². The second-order valence-corrected chi connectivity index (χ2v) is 8.20. The van der Waals surface area contributed by atoms with Crippen LogP contribution in [0.25, 0.3) is 0 Å². The molecule has 0 bridgehead atoms. The molecule has 0 saturated heterocycles. The van der Waals surface area contributed by atoms with Gasteiger partial charge in [-0.2, -0.15) is 0 Å². The molecule has 3 amide bonds. The van der Waals surface area contributed by atoms with Crippen LogP contribution in [0, 0.1) is 0 Å². The molecule has 9 heteroatoms. The molecule has 8 nitrogen and oxygen atoms in total. The summed E-state index contributed by atoms with van der Waals surface area (Å²) in [5.41, 5.74) is 0.570. The quantitative estimate of drug-likeness (QED) is 0.716. The van der Waals surface area contributed by atoms with Gasteiger partial charge in [-0.15, -0.1) is 0 Å². The Labute approximate surface area is 145 Å². The zero-order valence-corrected chi connectivity index (χ0v) is 14.8. The van der Waals surface area contributed by atoms with Crippen LogP contribution in [-0.2, 0) is 25.1 Å². The Morgan fingerprint density at radius 1 is 1.28 bits per heavy atom. The Kier molecular flexibility index (Phi) is 5.78. The molecule has 2 rings (SSSR count). The van der Waals surface area contributed by atoms with Gasteiger partial charge in [0.1, 0.15) is 0 Å². The van der Waals surface area contributed by atoms with Gasteiger partial charge in [-0.3, -0.25) is 10.1 Å². The van der Waals surface area contributed by atoms with Gasteiger partial charge >= 0.3 is 12.0 Å². The summed E-state index contributed by atoms with van der Waals surface area (Å²) in [5.74, 6) is -1.72. The number of nitrogens with one attached hydrogen (secondary N) is 2. The fraction of sp³-hybridized carbons (Fsp3) is 0.438. The first-order valence-electron chi connectivity index (χ1n) is 7.73. The minimum absolute atomic E-state index is 0.100. The summed E-state index contributed by atoms with van der Waals surface area (Å²) in [6.45, 7) is 1.35. The average Bonchev–Trinajstić information content (AvgIpc) is 3.29. The molecule has 0 aliphatic heterocycles. The molecule has 25 heavy (non-hydrogen) atoms. The lowest BCUT2D eigenvalue weighted by molar-refractivity contribution is -0.127. The van der Waals surface area contributed by atoms with E-state index in [4.69, 9.17) is 4.74 Å². The number of esters is 1. The van der Waals surface area contributed by atoms with Gasteiger partial charge in [0.25, 0.3) is 5.91 Å². The highest BCUT2D eigenvalue weighted by molar-refractivity contribution is 7.89. The van der Waals surface area contributed by atoms with E-state index >= 15 is 0 Å². The van der Waals surface area contributed by atoms with Crippen molar-refractivity contribution in [2.75, 3.05) is 6.26 Å². The number of benzene rings is 1. The number of rotatable bonds is 6. The molecule has 1 unspecified atom stereocenters. The third kappa shape index (κ3) is 6.54. The number of sulfone groups is 1. The number of amides is 3. The van der Waals surface area contributed by atoms with Crippen LogP contribution in [0.4, 0.5) is 4.79 Å². The van der Waals surface area contributed by atoms with Gasteiger partial charge in [-0.25, -0.2) is 18.0 Å². The Balaban J connectivity index is 1.92. The highest BCUT2D eigenvalue weighted by Gasteiger charge is 2.26. The molecule has 2 N–H and O–H groups in total. The maximum absolute atomic E-state index is 12.1. The predicted molar refractivity (Wildman–Crippen MR) is 89.6 cm³/mol. The molecule has 0 aromatic heterocycles. The predicted octanol–water partition coefficient (Wildman–Crippen LogP) is 0.765. The van der Waals surface area contributed by atoms with E-state index in [2.05, 4.69) is 10.6 Å². The largest absolute Gasteiger partial charge is 0.449 e. The highest BCUT2D eigenvalue weighted by Crippen LogP contribution is 2.18. The van der Waals surface area contributed by atoms with Gasteiger partial charge in [0.15, 0.2) is 15.9 Å². The van der Waals surface area contributed by atoms with Crippen LogP contribution < -0.4 is 10.6 Å². The molecule has 1 aromatic carbocycles. The zero-order valence-electron chi connectivity index (χ0n) is 13.9. The Bertz CT molecular complexity index is 786. The third-order valence-corrected chi connectivity index (χ3v) is 4.25. The first-order chi connectivity index (χ1) is 11.6. The summed E-state index contributed by atoms with van der Waals surface area (Å²) in [7, 11) is -3.24. The lowest BCUT2D eigenvalue weighted by Crippen LogP contribution is -2.45. The van der Waals surface area contributed by atoms with Crippen molar-refractivity contribution >= 4 is 27.7 Å². The van der Waals surface area contributed by atoms with Crippen molar-refractivity contribution in [2.24, 2.45) is 0 Å². The van der Waals surface area contributed by atoms with Crippen LogP contribution in [0.15, 0.2) is 24.3 Å². The Hall–Kier alpha value is -2.42. The van der Waals surface area contributed by atoms with Gasteiger partial charge in [0, 0.05) is 12.3 Å². The van der Waals surface area contributed by atoms with Crippen LogP contribution in [0.3, 0.4) is 0 Å². The van der Waals surface area contributed by atoms with E-state index in [1.54, 1.807) is 6.07 Å². The van der Waals surface area contributed by atoms with Gasteiger partial charge in [0.05, 0.1) is 11.3 Å². The van der Waals surface area contributed by atoms with E-state index in [9.17, 15) is 22.8 Å². The fourth-order valence-corrected chi connectivity index (χ4v) is 2.82. The van der Waals surface area contributed by atoms with Crippen LogP contribution in [0.2, 0.25) is 0 Å². The normalized spacial score (nSPS) is 15.1. The van der Waals surface area contributed by atoms with E-state index in [0.717, 1.165) is 19.1 Å². The number of urea groups is 1. The minimum atomic E-state index is -3.24. The summed E-state index contributed by atoms with van der Waals surface area (Å²) < 4.78 is 27.7. The zero-order chi connectivity index (χ0) is 18.6. The molecule has 0 spiro atoms. The lowest BCUT2D eigenvalue weighted by Gasteiger charge is -2.13. The highest BCUT2D eigenvalue weighted by atomic mass is 32.2. The van der Waals surface area contributed by atoms with Crippen LogP contribution in [0.5, 0.6) is 0 Å². The molecule has 1 aliphatic carbocycles. The first kappa shape index (κ1) is 18.9. The molecule has 1 saturated carbocycles. The molecule has 1 aliphatic rings. The van der Waals surface area contributed by atoms with E-state index in [-0.39, 0.29) is 17.4 Å². The smallest absolute Gasteiger partial charge is 0.338 e. The topological polar surface area (TPSA) is 119 Å². The molecular weight excluding hydrogens is 348 g/mol. The summed E-state index contributed by atoms with van der Waals surface area (Å²) in [6.07, 6.45) is 1.69. The Morgan fingerprint density at radius 2 is 1.96 bits per heavy atom. The van der Waals surface area contributed by atoms with Crippen molar-refractivity contribution in [3.05, 3.63) is 35.4 Å². The monoisotopic (exact) mass is 368 g/mol. The van der Waals surface area contributed by atoms with Crippen molar-refractivity contribution in [3.63, 3.8) is 0 Å². The van der Waals surface area contributed by atoms with Gasteiger partial charge in [-0.05, 0) is 37.5 Å². The molecule has 0 heterocycles. The third-order valence-electron chi connectivity index (χ3n) is 3.39. The number of carbonyl (C=O) groups is 3. The fourth-order valence-electron chi connectivity index (χ4n) is 2.04. The minimum Gasteiger partial charge on any atom is -0.449 e. The summed E-state index contributed by atoms with van der Waals surface area (Å²) in [6, 6.07) is 5.45. The maximum Gasteiger partial charge on any atom is 0.338 e. The van der Waals surface area contributed by atoms with Crippen LogP contribution in [-0.4, -0.2) is 44.7 Å². The molecule has 1 fully saturated rings. The van der Waals surface area contributed by atoms with Crippen molar-refractivity contribution < 1.29 is 27.5 Å². The van der Waals surface area contributed by atoms with Crippen LogP contribution >= 0.6 is 0 Å². The number of imide groups is 1. The molecular formula is C16H20N2O6S. The molecule has 0 radical (unpaired) electrons. The number of hydrogen-bond donors (Lipinski definition) is 2. The molecule has 1 aromatic rings. The SMILES string of the molecule is CC(OC(=O)c1cccc(CS(C)(=O)=O)c1)C(=O)NC(=O)NC1CC1. The molecule has 1 atom stereocenters. The van der Waals surface area contributed by atoms with Crippen molar-refractivity contribution in [1.29, 1.82) is 0 Å². The summed E-state index contributed by atoms with van der Waals surface area (Å²) in [5, 5.41) is 4.69. The standard InChI is InChI=1S/C16H20N2O6S/c1-10(14(19)18-16(21)17-13-6-7-13)24-15(20)12-5-3-4-11(8-12)9-25(2,22)23/h3-5,8,10,13H,6-7,9H2,1-2H3,(H2,17,18,19,21). The van der Waals surface area contributed by atoms with E-state index < -0.39 is 33.8 Å². The van der Waals surface area contributed by atoms with Crippen molar-refractivity contribution in [3.8, 4) is 0 Å². The van der Waals surface area contributed by atoms with E-state index in [1.807, 2.05) is 0 Å². The summed E-state index contributed by atoms with van der Waals surface area (Å²) in [4.78, 5) is 35.4. The lowest BCUT2D eigenvalue weighted by atomic mass is 10.1. The molecule has 136 valence electrons. The maximum atomic E-state index is 12.1. The number of hydrogen-bond acceptors (Lipinski definition) is 6. The van der Waals surface area contributed by atoms with Gasteiger partial charge in [-0.1, -0.05) is 12.1 Å². The van der Waals surface area contributed by atoms with E-state index in [1.165, 1.54) is 25.1 Å². The van der Waals surface area contributed by atoms with Crippen molar-refractivity contribution in [1.82, 2.24) is 10.6 Å². The average molecular weight is 368 g/mol. The first-order valence-corrected chi connectivity index (χ1v) is 9.79. The van der Waals surface area contributed by atoms with Gasteiger partial charge in [0.2, 0.25) is 0 Å². The van der Waals surface area contributed by atoms with Gasteiger partial charge < -0.3 is 10.1 Å².